The van der Waals surface area contributed by atoms with E-state index in [9.17, 15) is 0 Å². The maximum Gasteiger partial charge on any atom is 0.0417 e. The highest BCUT2D eigenvalue weighted by molar-refractivity contribution is 5.56. The first kappa shape index (κ1) is 13.9. The number of hydrogen-bond acceptors (Lipinski definition) is 2. The molecule has 0 saturated heterocycles. The van der Waals surface area contributed by atoms with Crippen LogP contribution in [0.15, 0.2) is 24.3 Å². The van der Waals surface area contributed by atoms with Crippen LogP contribution >= 0.6 is 0 Å². The van der Waals surface area contributed by atoms with Gasteiger partial charge in [0.05, 0.1) is 0 Å². The third-order valence-corrected chi connectivity index (χ3v) is 5.15. The first-order chi connectivity index (χ1) is 9.65. The summed E-state index contributed by atoms with van der Waals surface area (Å²) in [6, 6.07) is 9.74. The monoisotopic (exact) mass is 272 g/mol. The van der Waals surface area contributed by atoms with Gasteiger partial charge < -0.3 is 10.6 Å². The van der Waals surface area contributed by atoms with Gasteiger partial charge in [0.2, 0.25) is 0 Å². The summed E-state index contributed by atoms with van der Waals surface area (Å²) in [6.07, 6.45) is 6.41. The number of benzene rings is 1. The van der Waals surface area contributed by atoms with Gasteiger partial charge in [0.1, 0.15) is 0 Å². The standard InChI is InChI=1S/C18H28N2/c1-13-10-14(2)12-15(11-13)20-9-5-7-17(19)16-6-3-4-8-18(16)20/h3-4,6,8,13-15,17H,5,7,9-12,19H2,1-2H3. The topological polar surface area (TPSA) is 29.3 Å². The van der Waals surface area contributed by atoms with E-state index in [0.717, 1.165) is 18.3 Å². The van der Waals surface area contributed by atoms with E-state index < -0.39 is 0 Å². The molecule has 0 amide bonds. The molecule has 0 aromatic heterocycles. The molecule has 3 unspecified atom stereocenters. The van der Waals surface area contributed by atoms with Crippen molar-refractivity contribution in [2.75, 3.05) is 11.4 Å². The lowest BCUT2D eigenvalue weighted by Crippen LogP contribution is -2.41. The molecule has 1 heterocycles. The number of nitrogens with zero attached hydrogens (tertiary/aromatic N) is 1. The summed E-state index contributed by atoms with van der Waals surface area (Å²) >= 11 is 0. The molecule has 1 aliphatic carbocycles. The van der Waals surface area contributed by atoms with E-state index >= 15 is 0 Å². The fraction of sp³-hybridized carbons (Fsp3) is 0.667. The van der Waals surface area contributed by atoms with E-state index in [1.54, 1.807) is 0 Å². The van der Waals surface area contributed by atoms with E-state index in [1.807, 2.05) is 0 Å². The third-order valence-electron chi connectivity index (χ3n) is 5.15. The minimum absolute atomic E-state index is 0.217. The first-order valence-electron chi connectivity index (χ1n) is 8.26. The van der Waals surface area contributed by atoms with Crippen molar-refractivity contribution >= 4 is 5.69 Å². The first-order valence-corrected chi connectivity index (χ1v) is 8.26. The van der Waals surface area contributed by atoms with Crippen LogP contribution in [0.25, 0.3) is 0 Å². The number of rotatable bonds is 1. The van der Waals surface area contributed by atoms with Crippen molar-refractivity contribution in [1.29, 1.82) is 0 Å². The molecule has 20 heavy (non-hydrogen) atoms. The van der Waals surface area contributed by atoms with Crippen molar-refractivity contribution in [3.05, 3.63) is 29.8 Å². The van der Waals surface area contributed by atoms with Crippen LogP contribution in [0.2, 0.25) is 0 Å². The second-order valence-electron chi connectivity index (χ2n) is 7.07. The molecule has 1 saturated carbocycles. The molecule has 2 nitrogen and oxygen atoms in total. The molecular weight excluding hydrogens is 244 g/mol. The average Bonchev–Trinajstić information content (AvgIpc) is 2.58. The van der Waals surface area contributed by atoms with Crippen LogP contribution in [0.4, 0.5) is 5.69 Å². The molecule has 1 fully saturated rings. The number of nitrogens with two attached hydrogens (primary N) is 1. The lowest BCUT2D eigenvalue weighted by atomic mass is 9.79. The van der Waals surface area contributed by atoms with Crippen molar-refractivity contribution < 1.29 is 0 Å². The predicted octanol–water partition coefficient (Wildman–Crippen LogP) is 4.11. The highest BCUT2D eigenvalue weighted by Gasteiger charge is 2.31. The van der Waals surface area contributed by atoms with Crippen molar-refractivity contribution in [3.8, 4) is 0 Å². The average molecular weight is 272 g/mol. The van der Waals surface area contributed by atoms with E-state index in [0.29, 0.717) is 6.04 Å². The summed E-state index contributed by atoms with van der Waals surface area (Å²) in [4.78, 5) is 2.67. The lowest BCUT2D eigenvalue weighted by molar-refractivity contribution is 0.259. The quantitative estimate of drug-likeness (QED) is 0.833. The fourth-order valence-corrected chi connectivity index (χ4v) is 4.36. The summed E-state index contributed by atoms with van der Waals surface area (Å²) in [7, 11) is 0. The third kappa shape index (κ3) is 2.71. The van der Waals surface area contributed by atoms with Crippen LogP contribution in [0.1, 0.15) is 57.6 Å². The Morgan fingerprint density at radius 3 is 2.50 bits per heavy atom. The molecule has 1 aromatic carbocycles. The Morgan fingerprint density at radius 2 is 1.75 bits per heavy atom. The number of para-hydroxylation sites is 1. The summed E-state index contributed by atoms with van der Waals surface area (Å²) in [5.74, 6) is 1.71. The normalized spacial score (nSPS) is 34.5. The fourth-order valence-electron chi connectivity index (χ4n) is 4.36. The molecule has 0 spiro atoms. The molecule has 0 radical (unpaired) electrons. The van der Waals surface area contributed by atoms with Gasteiger partial charge in [-0.1, -0.05) is 32.0 Å². The van der Waals surface area contributed by atoms with Gasteiger partial charge in [0.15, 0.2) is 0 Å². The Labute approximate surface area is 123 Å². The predicted molar refractivity (Wildman–Crippen MR) is 85.9 cm³/mol. The zero-order valence-corrected chi connectivity index (χ0v) is 12.9. The molecule has 0 bridgehead atoms. The number of fused-ring (bicyclic) bond motifs is 1. The minimum Gasteiger partial charge on any atom is -0.368 e. The van der Waals surface area contributed by atoms with Crippen molar-refractivity contribution in [3.63, 3.8) is 0 Å². The highest BCUT2D eigenvalue weighted by atomic mass is 15.2. The zero-order valence-electron chi connectivity index (χ0n) is 12.9. The summed E-state index contributed by atoms with van der Waals surface area (Å²) in [6.45, 7) is 6.01. The van der Waals surface area contributed by atoms with E-state index in [-0.39, 0.29) is 6.04 Å². The van der Waals surface area contributed by atoms with Crippen LogP contribution in [0, 0.1) is 11.8 Å². The molecule has 2 aliphatic rings. The largest absolute Gasteiger partial charge is 0.368 e. The summed E-state index contributed by atoms with van der Waals surface area (Å²) in [5.41, 5.74) is 9.13. The van der Waals surface area contributed by atoms with Crippen molar-refractivity contribution in [2.45, 2.75) is 58.0 Å². The van der Waals surface area contributed by atoms with Gasteiger partial charge in [0.25, 0.3) is 0 Å². The molecule has 110 valence electrons. The van der Waals surface area contributed by atoms with Crippen LogP contribution in [0.3, 0.4) is 0 Å². The Hall–Kier alpha value is -1.02. The van der Waals surface area contributed by atoms with Gasteiger partial charge in [-0.15, -0.1) is 0 Å². The van der Waals surface area contributed by atoms with Gasteiger partial charge in [-0.05, 0) is 55.6 Å². The van der Waals surface area contributed by atoms with Gasteiger partial charge >= 0.3 is 0 Å². The Balaban J connectivity index is 1.90. The van der Waals surface area contributed by atoms with Crippen molar-refractivity contribution in [2.24, 2.45) is 17.6 Å². The molecule has 2 N–H and O–H groups in total. The van der Waals surface area contributed by atoms with Crippen LogP contribution in [-0.2, 0) is 0 Å². The molecule has 1 aromatic rings. The second-order valence-corrected chi connectivity index (χ2v) is 7.07. The van der Waals surface area contributed by atoms with Crippen LogP contribution in [-0.4, -0.2) is 12.6 Å². The van der Waals surface area contributed by atoms with Gasteiger partial charge in [-0.25, -0.2) is 0 Å². The van der Waals surface area contributed by atoms with Crippen LogP contribution in [0.5, 0.6) is 0 Å². The van der Waals surface area contributed by atoms with E-state index in [2.05, 4.69) is 43.0 Å². The summed E-state index contributed by atoms with van der Waals surface area (Å²) < 4.78 is 0. The lowest BCUT2D eigenvalue weighted by Gasteiger charge is -2.40. The molecular formula is C18H28N2. The number of anilines is 1. The van der Waals surface area contributed by atoms with E-state index in [4.69, 9.17) is 5.73 Å². The number of hydrogen-bond donors (Lipinski definition) is 1. The second kappa shape index (κ2) is 5.77. The van der Waals surface area contributed by atoms with Gasteiger partial charge in [0, 0.05) is 24.3 Å². The minimum atomic E-state index is 0.217. The smallest absolute Gasteiger partial charge is 0.0417 e. The van der Waals surface area contributed by atoms with Gasteiger partial charge in [-0.3, -0.25) is 0 Å². The van der Waals surface area contributed by atoms with Crippen LogP contribution < -0.4 is 10.6 Å². The SMILES string of the molecule is CC1CC(C)CC(N2CCCC(N)c3ccccc32)C1. The molecule has 2 heteroatoms. The zero-order chi connectivity index (χ0) is 14.1. The highest BCUT2D eigenvalue weighted by Crippen LogP contribution is 2.38. The summed E-state index contributed by atoms with van der Waals surface area (Å²) in [5, 5.41) is 0. The van der Waals surface area contributed by atoms with E-state index in [1.165, 1.54) is 43.5 Å². The van der Waals surface area contributed by atoms with Gasteiger partial charge in [-0.2, -0.15) is 0 Å². The Kier molecular flexibility index (Phi) is 4.02. The Bertz CT molecular complexity index is 446. The van der Waals surface area contributed by atoms with Crippen molar-refractivity contribution in [1.82, 2.24) is 0 Å². The maximum atomic E-state index is 6.37. The maximum absolute atomic E-state index is 6.37. The molecule has 3 atom stereocenters. The molecule has 1 aliphatic heterocycles. The molecule has 3 rings (SSSR count). The Morgan fingerprint density at radius 1 is 1.05 bits per heavy atom.